The number of rotatable bonds is 3. The van der Waals surface area contributed by atoms with Gasteiger partial charge in [0, 0.05) is 24.2 Å². The summed E-state index contributed by atoms with van der Waals surface area (Å²) in [6.45, 7) is 0. The summed E-state index contributed by atoms with van der Waals surface area (Å²) >= 11 is 9.24. The molecule has 0 bridgehead atoms. The minimum absolute atomic E-state index is 0.513. The first-order chi connectivity index (χ1) is 9.33. The highest BCUT2D eigenvalue weighted by molar-refractivity contribution is 8.01. The van der Waals surface area contributed by atoms with E-state index in [4.69, 9.17) is 11.6 Å². The van der Waals surface area contributed by atoms with Crippen LogP contribution in [0.1, 0.15) is 0 Å². The van der Waals surface area contributed by atoms with Gasteiger partial charge in [-0.25, -0.2) is 9.97 Å². The summed E-state index contributed by atoms with van der Waals surface area (Å²) in [5.74, 6) is 0. The van der Waals surface area contributed by atoms with E-state index in [1.807, 2.05) is 30.3 Å². The zero-order chi connectivity index (χ0) is 13.1. The van der Waals surface area contributed by atoms with Gasteiger partial charge in [0.05, 0.1) is 0 Å². The standard InChI is InChI=1S/C13H8ClN3S2/c14-11-13(18-10-5-1-2-7-16-10)19-12(17-11)9-4-3-6-15-8-9/h1-8H. The maximum absolute atomic E-state index is 6.18. The van der Waals surface area contributed by atoms with Gasteiger partial charge in [-0.15, -0.1) is 11.3 Å². The predicted octanol–water partition coefficient (Wildman–Crippen LogP) is 4.40. The Balaban J connectivity index is 1.90. The van der Waals surface area contributed by atoms with Crippen LogP contribution in [0, 0.1) is 0 Å². The lowest BCUT2D eigenvalue weighted by atomic mass is 10.3. The van der Waals surface area contributed by atoms with Crippen molar-refractivity contribution in [2.24, 2.45) is 0 Å². The molecule has 6 heteroatoms. The normalized spacial score (nSPS) is 10.6. The molecule has 0 radical (unpaired) electrons. The Bertz CT molecular complexity index is 671. The Morgan fingerprint density at radius 1 is 1.11 bits per heavy atom. The molecule has 3 aromatic heterocycles. The van der Waals surface area contributed by atoms with Gasteiger partial charge in [-0.3, -0.25) is 4.98 Å². The van der Waals surface area contributed by atoms with Gasteiger partial charge >= 0.3 is 0 Å². The fraction of sp³-hybridized carbons (Fsp3) is 0. The lowest BCUT2D eigenvalue weighted by molar-refractivity contribution is 1.13. The maximum atomic E-state index is 6.18. The minimum atomic E-state index is 0.513. The first-order valence-corrected chi connectivity index (χ1v) is 7.49. The molecular formula is C13H8ClN3S2. The molecule has 0 fully saturated rings. The molecule has 0 atom stereocenters. The van der Waals surface area contributed by atoms with E-state index in [2.05, 4.69) is 15.0 Å². The van der Waals surface area contributed by atoms with Crippen molar-refractivity contribution < 1.29 is 0 Å². The molecular weight excluding hydrogens is 298 g/mol. The molecule has 0 aliphatic rings. The number of halogens is 1. The van der Waals surface area contributed by atoms with Crippen molar-refractivity contribution in [1.29, 1.82) is 0 Å². The summed E-state index contributed by atoms with van der Waals surface area (Å²) in [6, 6.07) is 9.64. The Kier molecular flexibility index (Phi) is 3.77. The number of aromatic nitrogens is 3. The second-order valence-corrected chi connectivity index (χ2v) is 6.26. The molecule has 0 unspecified atom stereocenters. The third kappa shape index (κ3) is 2.94. The molecule has 0 amide bonds. The first-order valence-electron chi connectivity index (χ1n) is 5.48. The molecule has 3 rings (SSSR count). The molecule has 3 nitrogen and oxygen atoms in total. The number of hydrogen-bond donors (Lipinski definition) is 0. The minimum Gasteiger partial charge on any atom is -0.264 e. The van der Waals surface area contributed by atoms with Crippen molar-refractivity contribution in [2.75, 3.05) is 0 Å². The Hall–Kier alpha value is -1.43. The fourth-order valence-corrected chi connectivity index (χ4v) is 3.75. The van der Waals surface area contributed by atoms with Crippen LogP contribution in [0.5, 0.6) is 0 Å². The van der Waals surface area contributed by atoms with Crippen LogP contribution in [0.4, 0.5) is 0 Å². The molecule has 3 aromatic rings. The Morgan fingerprint density at radius 3 is 2.79 bits per heavy atom. The van der Waals surface area contributed by atoms with Gasteiger partial charge in [0.25, 0.3) is 0 Å². The summed E-state index contributed by atoms with van der Waals surface area (Å²) in [6.07, 6.45) is 5.28. The van der Waals surface area contributed by atoms with Crippen LogP contribution >= 0.6 is 34.7 Å². The SMILES string of the molecule is Clc1nc(-c2cccnc2)sc1Sc1ccccn1. The average Bonchev–Trinajstić information content (AvgIpc) is 2.82. The van der Waals surface area contributed by atoms with Gasteiger partial charge in [0.2, 0.25) is 0 Å². The second-order valence-electron chi connectivity index (χ2n) is 3.61. The summed E-state index contributed by atoms with van der Waals surface area (Å²) in [4.78, 5) is 12.7. The van der Waals surface area contributed by atoms with Crippen molar-refractivity contribution in [1.82, 2.24) is 15.0 Å². The first kappa shape index (κ1) is 12.6. The molecule has 19 heavy (non-hydrogen) atoms. The smallest absolute Gasteiger partial charge is 0.154 e. The molecule has 0 spiro atoms. The molecule has 0 saturated carbocycles. The van der Waals surface area contributed by atoms with Crippen LogP contribution in [-0.2, 0) is 0 Å². The summed E-state index contributed by atoms with van der Waals surface area (Å²) in [7, 11) is 0. The van der Waals surface area contributed by atoms with Crippen LogP contribution in [0.15, 0.2) is 58.2 Å². The van der Waals surface area contributed by atoms with E-state index in [9.17, 15) is 0 Å². The lowest BCUT2D eigenvalue weighted by Crippen LogP contribution is -1.76. The zero-order valence-corrected chi connectivity index (χ0v) is 12.0. The Morgan fingerprint density at radius 2 is 2.05 bits per heavy atom. The predicted molar refractivity (Wildman–Crippen MR) is 78.7 cm³/mol. The number of pyridine rings is 2. The van der Waals surface area contributed by atoms with E-state index in [-0.39, 0.29) is 0 Å². The van der Waals surface area contributed by atoms with Crippen LogP contribution in [0.3, 0.4) is 0 Å². The third-order valence-electron chi connectivity index (χ3n) is 2.30. The highest BCUT2D eigenvalue weighted by atomic mass is 35.5. The van der Waals surface area contributed by atoms with Crippen molar-refractivity contribution in [3.05, 3.63) is 54.1 Å². The molecule has 94 valence electrons. The van der Waals surface area contributed by atoms with Crippen LogP contribution in [-0.4, -0.2) is 15.0 Å². The van der Waals surface area contributed by atoms with E-state index in [1.165, 1.54) is 11.8 Å². The number of thiazole rings is 1. The largest absolute Gasteiger partial charge is 0.264 e. The molecule has 0 aliphatic heterocycles. The van der Waals surface area contributed by atoms with Gasteiger partial charge in [-0.2, -0.15) is 0 Å². The molecule has 0 saturated heterocycles. The van der Waals surface area contributed by atoms with Gasteiger partial charge in [0.15, 0.2) is 5.15 Å². The quantitative estimate of drug-likeness (QED) is 0.718. The highest BCUT2D eigenvalue weighted by Gasteiger charge is 2.12. The zero-order valence-electron chi connectivity index (χ0n) is 9.65. The van der Waals surface area contributed by atoms with Crippen LogP contribution < -0.4 is 0 Å². The highest BCUT2D eigenvalue weighted by Crippen LogP contribution is 2.39. The molecule has 0 aromatic carbocycles. The lowest BCUT2D eigenvalue weighted by Gasteiger charge is -1.95. The van der Waals surface area contributed by atoms with E-state index in [0.29, 0.717) is 5.15 Å². The summed E-state index contributed by atoms with van der Waals surface area (Å²) in [5.41, 5.74) is 0.974. The van der Waals surface area contributed by atoms with Crippen molar-refractivity contribution >= 4 is 34.7 Å². The van der Waals surface area contributed by atoms with Gasteiger partial charge in [0.1, 0.15) is 14.2 Å². The Labute approximate surface area is 123 Å². The van der Waals surface area contributed by atoms with E-state index in [0.717, 1.165) is 19.8 Å². The van der Waals surface area contributed by atoms with Gasteiger partial charge in [-0.1, -0.05) is 29.4 Å². The van der Waals surface area contributed by atoms with Crippen molar-refractivity contribution in [3.63, 3.8) is 0 Å². The maximum Gasteiger partial charge on any atom is 0.154 e. The molecule has 3 heterocycles. The second kappa shape index (κ2) is 5.69. The van der Waals surface area contributed by atoms with Crippen molar-refractivity contribution in [3.8, 4) is 10.6 Å². The average molecular weight is 306 g/mol. The topological polar surface area (TPSA) is 38.7 Å². The van der Waals surface area contributed by atoms with E-state index in [1.54, 1.807) is 29.9 Å². The summed E-state index contributed by atoms with van der Waals surface area (Å²) < 4.78 is 0.944. The summed E-state index contributed by atoms with van der Waals surface area (Å²) in [5, 5.41) is 2.29. The number of hydrogen-bond acceptors (Lipinski definition) is 5. The van der Waals surface area contributed by atoms with Gasteiger partial charge < -0.3 is 0 Å². The van der Waals surface area contributed by atoms with E-state index >= 15 is 0 Å². The van der Waals surface area contributed by atoms with Gasteiger partial charge in [-0.05, 0) is 24.3 Å². The van der Waals surface area contributed by atoms with Crippen LogP contribution in [0.25, 0.3) is 10.6 Å². The number of nitrogens with zero attached hydrogens (tertiary/aromatic N) is 3. The third-order valence-corrected chi connectivity index (χ3v) is 5.03. The monoisotopic (exact) mass is 305 g/mol. The molecule has 0 N–H and O–H groups in total. The fourth-order valence-electron chi connectivity index (χ4n) is 1.47. The van der Waals surface area contributed by atoms with Crippen molar-refractivity contribution in [2.45, 2.75) is 9.24 Å². The van der Waals surface area contributed by atoms with Crippen LogP contribution in [0.2, 0.25) is 5.15 Å². The molecule has 0 aliphatic carbocycles. The van der Waals surface area contributed by atoms with E-state index < -0.39 is 0 Å².